The minimum absolute atomic E-state index is 0.00781. The predicted octanol–water partition coefficient (Wildman–Crippen LogP) is 5.95. The van der Waals surface area contributed by atoms with Gasteiger partial charge in [-0.1, -0.05) is 12.2 Å². The van der Waals surface area contributed by atoms with Crippen LogP contribution in [0.2, 0.25) is 0 Å². The third-order valence-corrected chi connectivity index (χ3v) is 6.45. The molecule has 0 saturated heterocycles. The van der Waals surface area contributed by atoms with Crippen molar-refractivity contribution in [3.8, 4) is 0 Å². The van der Waals surface area contributed by atoms with Crippen LogP contribution in [0.5, 0.6) is 0 Å². The van der Waals surface area contributed by atoms with Crippen LogP contribution in [0.25, 0.3) is 0 Å². The Balaban J connectivity index is 1.57. The van der Waals surface area contributed by atoms with Crippen molar-refractivity contribution in [1.82, 2.24) is 15.0 Å². The summed E-state index contributed by atoms with van der Waals surface area (Å²) in [5.74, 6) is -8.15. The normalized spacial score (nSPS) is 25.6. The molecule has 2 heterocycles. The SMILES string of the molecule is CC(F)(F)C1=NC(c2nc(NC3CCC(F)(F)CC3)nc(NC3CCC(F)(F)CC3)n2)C=CC1. The molecule has 3 aliphatic rings. The molecule has 1 aliphatic heterocycles. The van der Waals surface area contributed by atoms with Gasteiger partial charge in [0.15, 0.2) is 5.82 Å². The fourth-order valence-corrected chi connectivity index (χ4v) is 4.40. The number of hydrogen-bond acceptors (Lipinski definition) is 6. The lowest BCUT2D eigenvalue weighted by Crippen LogP contribution is -2.34. The second-order valence-corrected chi connectivity index (χ2v) is 9.43. The number of nitrogens with zero attached hydrogens (tertiary/aromatic N) is 4. The van der Waals surface area contributed by atoms with Crippen LogP contribution in [0, 0.1) is 0 Å². The van der Waals surface area contributed by atoms with Gasteiger partial charge in [0.1, 0.15) is 6.04 Å². The molecule has 1 atom stereocenters. The summed E-state index contributed by atoms with van der Waals surface area (Å²) in [6.07, 6.45) is 3.07. The van der Waals surface area contributed by atoms with E-state index in [1.807, 2.05) is 0 Å². The number of alkyl halides is 6. The molecular formula is C22H28F6N6. The monoisotopic (exact) mass is 490 g/mol. The van der Waals surface area contributed by atoms with Gasteiger partial charge in [-0.15, -0.1) is 0 Å². The Bertz CT molecular complexity index is 876. The maximum Gasteiger partial charge on any atom is 0.283 e. The van der Waals surface area contributed by atoms with Gasteiger partial charge in [-0.25, -0.2) is 26.3 Å². The number of hydrogen-bond donors (Lipinski definition) is 2. The highest BCUT2D eigenvalue weighted by molar-refractivity contribution is 5.92. The second-order valence-electron chi connectivity index (χ2n) is 9.43. The Morgan fingerprint density at radius 3 is 1.74 bits per heavy atom. The molecule has 2 saturated carbocycles. The van der Waals surface area contributed by atoms with Crippen molar-refractivity contribution in [2.45, 2.75) is 101 Å². The van der Waals surface area contributed by atoms with E-state index < -0.39 is 23.8 Å². The minimum atomic E-state index is -3.10. The number of aliphatic imine (C=N–C) groups is 1. The quantitative estimate of drug-likeness (QED) is 0.381. The van der Waals surface area contributed by atoms with E-state index in [1.165, 1.54) is 0 Å². The van der Waals surface area contributed by atoms with Crippen molar-refractivity contribution >= 4 is 17.6 Å². The van der Waals surface area contributed by atoms with Gasteiger partial charge in [-0.3, -0.25) is 4.99 Å². The molecule has 0 radical (unpaired) electrons. The van der Waals surface area contributed by atoms with E-state index in [1.54, 1.807) is 12.2 Å². The van der Waals surface area contributed by atoms with Crippen LogP contribution in [0.15, 0.2) is 17.1 Å². The average molecular weight is 490 g/mol. The van der Waals surface area contributed by atoms with Crippen LogP contribution in [0.1, 0.15) is 76.6 Å². The minimum Gasteiger partial charge on any atom is -0.351 e. The molecule has 2 N–H and O–H groups in total. The van der Waals surface area contributed by atoms with Crippen LogP contribution in [-0.2, 0) is 0 Å². The van der Waals surface area contributed by atoms with Gasteiger partial charge in [0.05, 0.1) is 5.71 Å². The molecule has 0 bridgehead atoms. The topological polar surface area (TPSA) is 75.1 Å². The zero-order chi connectivity index (χ0) is 24.6. The summed E-state index contributed by atoms with van der Waals surface area (Å²) in [6.45, 7) is 0.771. The van der Waals surface area contributed by atoms with Crippen LogP contribution in [-0.4, -0.2) is 50.5 Å². The standard InChI is InChI=1S/C22H28F6N6/c1-20(23,24)16-4-2-3-15(31-16)17-32-18(29-13-5-9-21(25,26)10-6-13)34-19(33-17)30-14-7-11-22(27,28)12-8-14/h2-3,13-15H,4-12H2,1H3,(H2,29,30,32,33,34). The molecule has 4 rings (SSSR count). The fourth-order valence-electron chi connectivity index (χ4n) is 4.40. The van der Waals surface area contributed by atoms with Gasteiger partial charge in [0.25, 0.3) is 5.92 Å². The lowest BCUT2D eigenvalue weighted by Gasteiger charge is -2.30. The number of anilines is 2. The lowest BCUT2D eigenvalue weighted by atomic mass is 9.92. The predicted molar refractivity (Wildman–Crippen MR) is 116 cm³/mol. The third kappa shape index (κ3) is 6.38. The summed E-state index contributed by atoms with van der Waals surface area (Å²) in [6, 6.07) is -1.43. The zero-order valence-electron chi connectivity index (χ0n) is 18.8. The van der Waals surface area contributed by atoms with Crippen molar-refractivity contribution in [2.75, 3.05) is 10.6 Å². The lowest BCUT2D eigenvalue weighted by molar-refractivity contribution is -0.0366. The van der Waals surface area contributed by atoms with E-state index in [0.29, 0.717) is 0 Å². The van der Waals surface area contributed by atoms with Crippen molar-refractivity contribution in [1.29, 1.82) is 0 Å². The van der Waals surface area contributed by atoms with E-state index in [4.69, 9.17) is 0 Å². The fraction of sp³-hybridized carbons (Fsp3) is 0.727. The first-order valence-electron chi connectivity index (χ1n) is 11.5. The van der Waals surface area contributed by atoms with Crippen LogP contribution in [0.4, 0.5) is 38.2 Å². The first-order valence-corrected chi connectivity index (χ1v) is 11.5. The molecule has 2 fully saturated rings. The summed E-state index contributed by atoms with van der Waals surface area (Å²) in [4.78, 5) is 17.1. The van der Waals surface area contributed by atoms with Gasteiger partial charge >= 0.3 is 0 Å². The van der Waals surface area contributed by atoms with Crippen LogP contribution in [0.3, 0.4) is 0 Å². The summed E-state index contributed by atoms with van der Waals surface area (Å²) in [5, 5.41) is 6.11. The number of rotatable bonds is 6. The van der Waals surface area contributed by atoms with E-state index in [-0.39, 0.29) is 93.3 Å². The van der Waals surface area contributed by atoms with E-state index in [9.17, 15) is 26.3 Å². The molecule has 1 unspecified atom stereocenters. The number of allylic oxidation sites excluding steroid dienone is 1. The molecule has 1 aromatic heterocycles. The Morgan fingerprint density at radius 1 is 0.824 bits per heavy atom. The Morgan fingerprint density at radius 2 is 1.29 bits per heavy atom. The number of aromatic nitrogens is 3. The summed E-state index contributed by atoms with van der Waals surface area (Å²) < 4.78 is 81.7. The first-order chi connectivity index (χ1) is 15.9. The Kier molecular flexibility index (Phi) is 6.78. The van der Waals surface area contributed by atoms with Crippen LogP contribution < -0.4 is 10.6 Å². The van der Waals surface area contributed by atoms with Crippen molar-refractivity contribution in [3.05, 3.63) is 18.0 Å². The maximum absolute atomic E-state index is 13.8. The molecule has 188 valence electrons. The zero-order valence-corrected chi connectivity index (χ0v) is 18.8. The largest absolute Gasteiger partial charge is 0.351 e. The molecule has 1 aromatic rings. The molecule has 0 aromatic carbocycles. The van der Waals surface area contributed by atoms with Gasteiger partial charge in [0.2, 0.25) is 23.7 Å². The highest BCUT2D eigenvalue weighted by Gasteiger charge is 2.37. The molecular weight excluding hydrogens is 462 g/mol. The number of dihydropyridines is 1. The smallest absolute Gasteiger partial charge is 0.283 e. The molecule has 12 heteroatoms. The molecule has 2 aliphatic carbocycles. The molecule has 0 amide bonds. The number of nitrogens with one attached hydrogen (secondary N) is 2. The Labute approximate surface area is 193 Å². The van der Waals surface area contributed by atoms with Crippen LogP contribution >= 0.6 is 0 Å². The number of halogens is 6. The van der Waals surface area contributed by atoms with Gasteiger partial charge in [-0.2, -0.15) is 15.0 Å². The molecule has 34 heavy (non-hydrogen) atoms. The van der Waals surface area contributed by atoms with E-state index >= 15 is 0 Å². The Hall–Kier alpha value is -2.40. The van der Waals surface area contributed by atoms with Gasteiger partial charge in [-0.05, 0) is 25.7 Å². The van der Waals surface area contributed by atoms with E-state index in [2.05, 4.69) is 30.6 Å². The summed E-state index contributed by atoms with van der Waals surface area (Å²) in [7, 11) is 0. The molecule has 0 spiro atoms. The maximum atomic E-state index is 13.8. The van der Waals surface area contributed by atoms with Crippen molar-refractivity contribution in [3.63, 3.8) is 0 Å². The molecule has 6 nitrogen and oxygen atoms in total. The van der Waals surface area contributed by atoms with E-state index in [0.717, 1.165) is 6.92 Å². The first kappa shape index (κ1) is 24.7. The summed E-state index contributed by atoms with van der Waals surface area (Å²) >= 11 is 0. The second kappa shape index (κ2) is 9.33. The van der Waals surface area contributed by atoms with Crippen molar-refractivity contribution < 1.29 is 26.3 Å². The highest BCUT2D eigenvalue weighted by Crippen LogP contribution is 2.36. The van der Waals surface area contributed by atoms with Gasteiger partial charge < -0.3 is 10.6 Å². The van der Waals surface area contributed by atoms with Crippen molar-refractivity contribution in [2.24, 2.45) is 4.99 Å². The highest BCUT2D eigenvalue weighted by atomic mass is 19.3. The third-order valence-electron chi connectivity index (χ3n) is 6.45. The summed E-state index contributed by atoms with van der Waals surface area (Å²) in [5.41, 5.74) is -0.298. The van der Waals surface area contributed by atoms with Gasteiger partial charge in [0, 0.05) is 51.1 Å². The average Bonchev–Trinajstić information content (AvgIpc) is 2.76.